The van der Waals surface area contributed by atoms with E-state index in [9.17, 15) is 21.6 Å². The number of alkyl halides is 1. The highest BCUT2D eigenvalue weighted by Gasteiger charge is 2.58. The third kappa shape index (κ3) is 3.06. The molecule has 26 heavy (non-hydrogen) atoms. The third-order valence-corrected chi connectivity index (χ3v) is 8.37. The van der Waals surface area contributed by atoms with Gasteiger partial charge in [0.05, 0.1) is 24.0 Å². The molecule has 0 saturated carbocycles. The first-order chi connectivity index (χ1) is 12.1. The molecule has 0 amide bonds. The SMILES string of the molecule is COc1ccc(S(=O)(=O)C(F)(C=O)S(=O)(=O)c2ccc(OC)cc2)cc1. The van der Waals surface area contributed by atoms with E-state index < -0.39 is 40.1 Å². The van der Waals surface area contributed by atoms with Gasteiger partial charge in [0, 0.05) is 0 Å². The summed E-state index contributed by atoms with van der Waals surface area (Å²) < 4.78 is 71.1. The normalized spacial score (nSPS) is 12.4. The van der Waals surface area contributed by atoms with Crippen LogP contribution < -0.4 is 9.47 Å². The molecule has 140 valence electrons. The van der Waals surface area contributed by atoms with E-state index in [1.807, 2.05) is 0 Å². The van der Waals surface area contributed by atoms with Gasteiger partial charge >= 0.3 is 4.33 Å². The van der Waals surface area contributed by atoms with Crippen molar-refractivity contribution in [1.82, 2.24) is 0 Å². The molecule has 0 aliphatic carbocycles. The lowest BCUT2D eigenvalue weighted by Gasteiger charge is -2.20. The van der Waals surface area contributed by atoms with Crippen LogP contribution in [-0.4, -0.2) is 41.7 Å². The Morgan fingerprint density at radius 2 is 1.08 bits per heavy atom. The average Bonchev–Trinajstić information content (AvgIpc) is 2.66. The van der Waals surface area contributed by atoms with E-state index in [-0.39, 0.29) is 11.5 Å². The summed E-state index contributed by atoms with van der Waals surface area (Å²) in [6, 6.07) is 8.64. The zero-order valence-electron chi connectivity index (χ0n) is 13.7. The van der Waals surface area contributed by atoms with Crippen molar-refractivity contribution in [2.24, 2.45) is 0 Å². The van der Waals surface area contributed by atoms with Crippen LogP contribution in [0.4, 0.5) is 4.39 Å². The summed E-state index contributed by atoms with van der Waals surface area (Å²) >= 11 is 0. The van der Waals surface area contributed by atoms with Gasteiger partial charge in [-0.15, -0.1) is 0 Å². The molecule has 0 N–H and O–H groups in total. The summed E-state index contributed by atoms with van der Waals surface area (Å²) in [6.45, 7) is 0. The molecule has 10 heteroatoms. The third-order valence-electron chi connectivity index (χ3n) is 3.61. The first-order valence-corrected chi connectivity index (χ1v) is 10.0. The minimum absolute atomic E-state index is 0.275. The van der Waals surface area contributed by atoms with Gasteiger partial charge in [-0.25, -0.2) is 16.8 Å². The maximum Gasteiger partial charge on any atom is 0.371 e. The number of benzene rings is 2. The van der Waals surface area contributed by atoms with Crippen LogP contribution >= 0.6 is 0 Å². The first-order valence-electron chi connectivity index (χ1n) is 7.06. The smallest absolute Gasteiger partial charge is 0.371 e. The molecule has 0 heterocycles. The molecule has 2 aromatic carbocycles. The van der Waals surface area contributed by atoms with E-state index >= 15 is 4.39 Å². The Hall–Kier alpha value is -2.46. The van der Waals surface area contributed by atoms with Gasteiger partial charge in [-0.1, -0.05) is 0 Å². The molecule has 0 spiro atoms. The number of hydrogen-bond acceptors (Lipinski definition) is 7. The number of ether oxygens (including phenoxy) is 2. The predicted molar refractivity (Wildman–Crippen MR) is 90.3 cm³/mol. The summed E-state index contributed by atoms with van der Waals surface area (Å²) in [5.74, 6) is 0.551. The number of sulfone groups is 2. The highest BCUT2D eigenvalue weighted by Crippen LogP contribution is 2.36. The van der Waals surface area contributed by atoms with Gasteiger partial charge in [0.15, 0.2) is 6.29 Å². The Morgan fingerprint density at radius 3 is 1.31 bits per heavy atom. The topological polar surface area (TPSA) is 104 Å². The van der Waals surface area contributed by atoms with E-state index in [4.69, 9.17) is 9.47 Å². The number of carbonyl (C=O) groups is 1. The summed E-state index contributed by atoms with van der Waals surface area (Å²) in [5.41, 5.74) is 0. The van der Waals surface area contributed by atoms with Gasteiger partial charge in [-0.3, -0.25) is 4.79 Å². The van der Waals surface area contributed by atoms with Crippen LogP contribution in [0.5, 0.6) is 11.5 Å². The summed E-state index contributed by atoms with van der Waals surface area (Å²) in [6.07, 6.45) is -0.730. The van der Waals surface area contributed by atoms with E-state index in [1.54, 1.807) is 0 Å². The Labute approximate surface area is 150 Å². The van der Waals surface area contributed by atoms with Crippen LogP contribution in [0.1, 0.15) is 0 Å². The van der Waals surface area contributed by atoms with Crippen molar-refractivity contribution in [2.75, 3.05) is 14.2 Å². The quantitative estimate of drug-likeness (QED) is 0.650. The number of carbonyl (C=O) groups excluding carboxylic acids is 1. The first kappa shape index (κ1) is 19.9. The van der Waals surface area contributed by atoms with Crippen LogP contribution in [0.2, 0.25) is 0 Å². The second kappa shape index (κ2) is 7.04. The van der Waals surface area contributed by atoms with Crippen LogP contribution in [-0.2, 0) is 24.5 Å². The van der Waals surface area contributed by atoms with Crippen LogP contribution in [0.3, 0.4) is 0 Å². The second-order valence-corrected chi connectivity index (χ2v) is 9.46. The zero-order valence-corrected chi connectivity index (χ0v) is 15.4. The Morgan fingerprint density at radius 1 is 0.769 bits per heavy atom. The standard InChI is InChI=1S/C16H15FO7S2/c1-23-12-3-7-14(8-4-12)25(19,20)16(17,11-18)26(21,22)15-9-5-13(24-2)6-10-15/h3-11H,1-2H3. The van der Waals surface area contributed by atoms with E-state index in [2.05, 4.69) is 0 Å². The van der Waals surface area contributed by atoms with Gasteiger partial charge in [-0.2, -0.15) is 4.39 Å². The monoisotopic (exact) mass is 402 g/mol. The van der Waals surface area contributed by atoms with Crippen LogP contribution in [0.25, 0.3) is 0 Å². The molecule has 0 aromatic heterocycles. The fraction of sp³-hybridized carbons (Fsp3) is 0.188. The lowest BCUT2D eigenvalue weighted by atomic mass is 10.3. The summed E-state index contributed by atoms with van der Waals surface area (Å²) in [7, 11) is -7.74. The van der Waals surface area contributed by atoms with Crippen molar-refractivity contribution < 1.29 is 35.5 Å². The van der Waals surface area contributed by atoms with Gasteiger partial charge in [0.2, 0.25) is 19.7 Å². The molecular formula is C16H15FO7S2. The molecule has 7 nitrogen and oxygen atoms in total. The molecule has 0 bridgehead atoms. The molecule has 0 aliphatic heterocycles. The second-order valence-electron chi connectivity index (χ2n) is 5.06. The van der Waals surface area contributed by atoms with E-state index in [1.165, 1.54) is 38.5 Å². The van der Waals surface area contributed by atoms with Gasteiger partial charge in [0.25, 0.3) is 0 Å². The van der Waals surface area contributed by atoms with Crippen LogP contribution in [0, 0.1) is 0 Å². The minimum Gasteiger partial charge on any atom is -0.497 e. The molecular weight excluding hydrogens is 387 g/mol. The fourth-order valence-corrected chi connectivity index (χ4v) is 5.72. The van der Waals surface area contributed by atoms with Crippen LogP contribution in [0.15, 0.2) is 58.3 Å². The zero-order chi connectivity index (χ0) is 19.6. The van der Waals surface area contributed by atoms with Crippen molar-refractivity contribution in [1.29, 1.82) is 0 Å². The molecule has 0 atom stereocenters. The molecule has 0 radical (unpaired) electrons. The Bertz CT molecular complexity index is 918. The van der Waals surface area contributed by atoms with E-state index in [0.29, 0.717) is 0 Å². The lowest BCUT2D eigenvalue weighted by Crippen LogP contribution is -2.43. The van der Waals surface area contributed by atoms with Crippen molar-refractivity contribution in [3.63, 3.8) is 0 Å². The maximum atomic E-state index is 15.2. The lowest BCUT2D eigenvalue weighted by molar-refractivity contribution is -0.110. The number of aldehydes is 1. The van der Waals surface area contributed by atoms with Gasteiger partial charge in [-0.05, 0) is 48.5 Å². The highest BCUT2D eigenvalue weighted by atomic mass is 32.3. The Kier molecular flexibility index (Phi) is 5.38. The average molecular weight is 402 g/mol. The summed E-state index contributed by atoms with van der Waals surface area (Å²) in [4.78, 5) is 9.98. The number of rotatable bonds is 7. The number of halogens is 1. The molecule has 2 aromatic rings. The number of hydrogen-bond donors (Lipinski definition) is 0. The van der Waals surface area contributed by atoms with Crippen molar-refractivity contribution in [3.8, 4) is 11.5 Å². The molecule has 2 rings (SSSR count). The van der Waals surface area contributed by atoms with Crippen molar-refractivity contribution in [2.45, 2.75) is 14.1 Å². The Balaban J connectivity index is 2.61. The summed E-state index contributed by atoms with van der Waals surface area (Å²) in [5, 5.41) is 0. The van der Waals surface area contributed by atoms with E-state index in [0.717, 1.165) is 24.3 Å². The van der Waals surface area contributed by atoms with Crippen molar-refractivity contribution in [3.05, 3.63) is 48.5 Å². The predicted octanol–water partition coefficient (Wildman–Crippen LogP) is 1.77. The highest BCUT2D eigenvalue weighted by molar-refractivity contribution is 8.11. The molecule has 0 aliphatic rings. The van der Waals surface area contributed by atoms with Gasteiger partial charge in [0.1, 0.15) is 11.5 Å². The molecule has 0 unspecified atom stereocenters. The molecule has 0 saturated heterocycles. The largest absolute Gasteiger partial charge is 0.497 e. The maximum absolute atomic E-state index is 15.2. The number of methoxy groups -OCH3 is 2. The minimum atomic E-state index is -5.21. The van der Waals surface area contributed by atoms with Crippen molar-refractivity contribution >= 4 is 26.0 Å². The fourth-order valence-electron chi connectivity index (χ4n) is 2.10. The van der Waals surface area contributed by atoms with Gasteiger partial charge < -0.3 is 9.47 Å². The molecule has 0 fully saturated rings.